The van der Waals surface area contributed by atoms with E-state index < -0.39 is 36.1 Å². The number of nitrogens with one attached hydrogen (secondary N) is 3. The summed E-state index contributed by atoms with van der Waals surface area (Å²) in [7, 11) is 0. The van der Waals surface area contributed by atoms with Crippen molar-refractivity contribution in [3.05, 3.63) is 84.6 Å². The number of carboxylic acids is 2. The van der Waals surface area contributed by atoms with Gasteiger partial charge in [-0.15, -0.1) is 0 Å². The summed E-state index contributed by atoms with van der Waals surface area (Å²) in [6.45, 7) is 2.50. The lowest BCUT2D eigenvalue weighted by atomic mass is 9.98. The first-order valence-corrected chi connectivity index (χ1v) is 13.8. The van der Waals surface area contributed by atoms with Crippen LogP contribution in [0.15, 0.2) is 79.0 Å². The van der Waals surface area contributed by atoms with Gasteiger partial charge >= 0.3 is 18.1 Å². The predicted molar refractivity (Wildman–Crippen MR) is 158 cm³/mol. The maximum absolute atomic E-state index is 13.0. The standard InChI is InChI=1S/C29H34N4O4.C2HF3O2/c1-2-24(32-27(34)13-7-9-19-31-26-12-6-8-18-30-26)29(37)33-25(20-28(35)36)23-16-14-22(15-17-23)21-10-4-3-5-11-21;3-2(4,5)1(6)7/h3-6,8,10-12,14-18,24-25H,2,7,9,13,19-20H2,1H3,(H,30,31)(H,32,34)(H,33,37)(H,35,36);(H,6,7)/t24-,25?;/m0./s1. The van der Waals surface area contributed by atoms with Gasteiger partial charge in [0.2, 0.25) is 11.8 Å². The van der Waals surface area contributed by atoms with E-state index >= 15 is 0 Å². The first kappa shape index (κ1) is 35.3. The lowest BCUT2D eigenvalue weighted by Gasteiger charge is -2.22. The van der Waals surface area contributed by atoms with Crippen LogP contribution in [-0.4, -0.2) is 57.7 Å². The minimum absolute atomic E-state index is 0.207. The second kappa shape index (κ2) is 17.9. The maximum atomic E-state index is 13.0. The summed E-state index contributed by atoms with van der Waals surface area (Å²) >= 11 is 0. The summed E-state index contributed by atoms with van der Waals surface area (Å²) in [5.74, 6) is -3.59. The molecular weight excluding hydrogens is 581 g/mol. The molecule has 0 spiro atoms. The molecule has 44 heavy (non-hydrogen) atoms. The minimum atomic E-state index is -5.08. The first-order chi connectivity index (χ1) is 20.9. The van der Waals surface area contributed by atoms with E-state index in [-0.39, 0.29) is 12.3 Å². The van der Waals surface area contributed by atoms with Crippen LogP contribution in [0.5, 0.6) is 0 Å². The fraction of sp³-hybridized carbons (Fsp3) is 0.323. The largest absolute Gasteiger partial charge is 0.490 e. The Balaban J connectivity index is 0.000000860. The third-order valence-electron chi connectivity index (χ3n) is 6.22. The molecule has 5 N–H and O–H groups in total. The number of carboxylic acid groups (broad SMARTS) is 2. The Kier molecular flexibility index (Phi) is 14.3. The number of aliphatic carboxylic acids is 2. The number of alkyl halides is 3. The van der Waals surface area contributed by atoms with Crippen molar-refractivity contribution in [2.45, 2.75) is 57.3 Å². The topological polar surface area (TPSA) is 158 Å². The van der Waals surface area contributed by atoms with Crippen molar-refractivity contribution >= 4 is 29.6 Å². The molecule has 3 aromatic rings. The van der Waals surface area contributed by atoms with Gasteiger partial charge in [0, 0.05) is 19.2 Å². The Hall–Kier alpha value is -4.94. The predicted octanol–water partition coefficient (Wildman–Crippen LogP) is 5.19. The molecule has 10 nitrogen and oxygen atoms in total. The molecule has 2 aromatic carbocycles. The zero-order chi connectivity index (χ0) is 32.5. The molecule has 1 unspecified atom stereocenters. The van der Waals surface area contributed by atoms with Crippen LogP contribution in [0.25, 0.3) is 11.1 Å². The highest BCUT2D eigenvalue weighted by Gasteiger charge is 2.38. The highest BCUT2D eigenvalue weighted by Crippen LogP contribution is 2.23. The summed E-state index contributed by atoms with van der Waals surface area (Å²) in [4.78, 5) is 50.0. The normalized spacial score (nSPS) is 12.1. The molecule has 236 valence electrons. The maximum Gasteiger partial charge on any atom is 0.490 e. The van der Waals surface area contributed by atoms with Crippen LogP contribution < -0.4 is 16.0 Å². The fourth-order valence-electron chi connectivity index (χ4n) is 3.95. The highest BCUT2D eigenvalue weighted by atomic mass is 19.4. The molecular formula is C31H35F3N4O6. The number of amides is 2. The summed E-state index contributed by atoms with van der Waals surface area (Å²) < 4.78 is 31.7. The third kappa shape index (κ3) is 12.9. The van der Waals surface area contributed by atoms with Crippen LogP contribution in [0.2, 0.25) is 0 Å². The average molecular weight is 617 g/mol. The lowest BCUT2D eigenvalue weighted by Crippen LogP contribution is -2.47. The fourth-order valence-corrected chi connectivity index (χ4v) is 3.95. The average Bonchev–Trinajstić information content (AvgIpc) is 3.00. The minimum Gasteiger partial charge on any atom is -0.481 e. The van der Waals surface area contributed by atoms with Crippen molar-refractivity contribution in [2.24, 2.45) is 0 Å². The Labute approximate surface area is 252 Å². The number of nitrogens with zero attached hydrogens (tertiary/aromatic N) is 1. The molecule has 0 fully saturated rings. The van der Waals surface area contributed by atoms with E-state index in [4.69, 9.17) is 9.90 Å². The van der Waals surface area contributed by atoms with Crippen molar-refractivity contribution < 1.29 is 42.6 Å². The van der Waals surface area contributed by atoms with Gasteiger partial charge in [-0.25, -0.2) is 9.78 Å². The molecule has 13 heteroatoms. The number of halogens is 3. The number of unbranched alkanes of at least 4 members (excludes halogenated alkanes) is 1. The van der Waals surface area contributed by atoms with E-state index in [1.54, 1.807) is 6.20 Å². The number of rotatable bonds is 14. The number of hydrogen-bond donors (Lipinski definition) is 5. The molecule has 0 aliphatic heterocycles. The van der Waals surface area contributed by atoms with Gasteiger partial charge in [-0.2, -0.15) is 13.2 Å². The van der Waals surface area contributed by atoms with Crippen LogP contribution in [0.1, 0.15) is 50.6 Å². The van der Waals surface area contributed by atoms with Crippen LogP contribution in [0.4, 0.5) is 19.0 Å². The molecule has 0 radical (unpaired) electrons. The molecule has 0 saturated heterocycles. The summed E-state index contributed by atoms with van der Waals surface area (Å²) in [5.41, 5.74) is 2.74. The number of carbonyl (C=O) groups is 4. The zero-order valence-corrected chi connectivity index (χ0v) is 24.0. The van der Waals surface area contributed by atoms with Crippen molar-refractivity contribution in [1.82, 2.24) is 15.6 Å². The van der Waals surface area contributed by atoms with Gasteiger partial charge < -0.3 is 26.2 Å². The number of anilines is 1. The van der Waals surface area contributed by atoms with Gasteiger partial charge in [0.25, 0.3) is 0 Å². The van der Waals surface area contributed by atoms with Gasteiger partial charge in [0.1, 0.15) is 11.9 Å². The van der Waals surface area contributed by atoms with Gasteiger partial charge in [0.05, 0.1) is 12.5 Å². The van der Waals surface area contributed by atoms with E-state index in [9.17, 15) is 32.7 Å². The Bertz CT molecular complexity index is 1340. The van der Waals surface area contributed by atoms with Gasteiger partial charge in [0.15, 0.2) is 0 Å². The summed E-state index contributed by atoms with van der Waals surface area (Å²) in [5, 5.41) is 25.3. The van der Waals surface area contributed by atoms with Crippen LogP contribution in [0, 0.1) is 0 Å². The van der Waals surface area contributed by atoms with E-state index in [1.165, 1.54) is 0 Å². The molecule has 0 bridgehead atoms. The zero-order valence-electron chi connectivity index (χ0n) is 24.0. The quantitative estimate of drug-likeness (QED) is 0.155. The number of benzene rings is 2. The molecule has 0 aliphatic carbocycles. The van der Waals surface area contributed by atoms with Crippen molar-refractivity contribution in [3.8, 4) is 11.1 Å². The van der Waals surface area contributed by atoms with Gasteiger partial charge in [-0.1, -0.05) is 67.6 Å². The Morgan fingerprint density at radius 3 is 2.00 bits per heavy atom. The molecule has 1 heterocycles. The third-order valence-corrected chi connectivity index (χ3v) is 6.22. The monoisotopic (exact) mass is 616 g/mol. The van der Waals surface area contributed by atoms with E-state index in [0.717, 1.165) is 23.4 Å². The van der Waals surface area contributed by atoms with Crippen molar-refractivity contribution in [2.75, 3.05) is 11.9 Å². The molecule has 2 atom stereocenters. The van der Waals surface area contributed by atoms with Crippen molar-refractivity contribution in [3.63, 3.8) is 0 Å². The van der Waals surface area contributed by atoms with Gasteiger partial charge in [-0.05, 0) is 48.1 Å². The molecule has 1 aromatic heterocycles. The lowest BCUT2D eigenvalue weighted by molar-refractivity contribution is -0.192. The summed E-state index contributed by atoms with van der Waals surface area (Å²) in [6, 6.07) is 21.5. The molecule has 0 saturated carbocycles. The molecule has 3 rings (SSSR count). The highest BCUT2D eigenvalue weighted by molar-refractivity contribution is 5.88. The number of carbonyl (C=O) groups excluding carboxylic acids is 2. The SMILES string of the molecule is CC[C@H](NC(=O)CCCCNc1ccccn1)C(=O)NC(CC(=O)O)c1ccc(-c2ccccc2)cc1.O=C(O)C(F)(F)F. The number of aromatic nitrogens is 1. The van der Waals surface area contributed by atoms with Crippen LogP contribution >= 0.6 is 0 Å². The number of pyridine rings is 1. The van der Waals surface area contributed by atoms with Crippen molar-refractivity contribution in [1.29, 1.82) is 0 Å². The van der Waals surface area contributed by atoms with E-state index in [2.05, 4.69) is 20.9 Å². The second-order valence-electron chi connectivity index (χ2n) is 9.58. The van der Waals surface area contributed by atoms with Crippen LogP contribution in [0.3, 0.4) is 0 Å². The molecule has 0 aliphatic rings. The summed E-state index contributed by atoms with van der Waals surface area (Å²) in [6.07, 6.45) is -1.49. The Morgan fingerprint density at radius 2 is 1.45 bits per heavy atom. The van der Waals surface area contributed by atoms with E-state index in [0.29, 0.717) is 31.4 Å². The molecule has 2 amide bonds. The number of hydrogen-bond acceptors (Lipinski definition) is 6. The Morgan fingerprint density at radius 1 is 0.841 bits per heavy atom. The smallest absolute Gasteiger partial charge is 0.481 e. The van der Waals surface area contributed by atoms with E-state index in [1.807, 2.05) is 79.7 Å². The first-order valence-electron chi connectivity index (χ1n) is 13.8. The second-order valence-corrected chi connectivity index (χ2v) is 9.58. The van der Waals surface area contributed by atoms with Crippen LogP contribution in [-0.2, 0) is 19.2 Å². The van der Waals surface area contributed by atoms with Gasteiger partial charge in [-0.3, -0.25) is 14.4 Å².